The molecule has 120 valence electrons. The quantitative estimate of drug-likeness (QED) is 0.470. The van der Waals surface area contributed by atoms with Gasteiger partial charge in [-0.2, -0.15) is 0 Å². The second-order valence-electron chi connectivity index (χ2n) is 6.22. The molecular formula is C17H19F3O2. The number of hydrogen-bond acceptors (Lipinski definition) is 2. The van der Waals surface area contributed by atoms with E-state index in [2.05, 4.69) is 0 Å². The van der Waals surface area contributed by atoms with Gasteiger partial charge in [0.2, 0.25) is 0 Å². The van der Waals surface area contributed by atoms with Gasteiger partial charge in [0.05, 0.1) is 5.92 Å². The highest BCUT2D eigenvalue weighted by Gasteiger charge is 2.61. The molecule has 1 aliphatic carbocycles. The molecule has 0 spiro atoms. The Bertz CT molecular complexity index is 609. The molecule has 0 heterocycles. The molecular weight excluding hydrogens is 293 g/mol. The van der Waals surface area contributed by atoms with Crippen molar-refractivity contribution in [3.63, 3.8) is 0 Å². The fourth-order valence-electron chi connectivity index (χ4n) is 2.83. The fourth-order valence-corrected chi connectivity index (χ4v) is 2.83. The second-order valence-corrected chi connectivity index (χ2v) is 6.22. The van der Waals surface area contributed by atoms with Crippen molar-refractivity contribution in [2.75, 3.05) is 0 Å². The van der Waals surface area contributed by atoms with Crippen LogP contribution in [0.5, 0.6) is 0 Å². The molecule has 0 aromatic heterocycles. The van der Waals surface area contributed by atoms with Gasteiger partial charge < -0.3 is 4.74 Å². The van der Waals surface area contributed by atoms with Gasteiger partial charge in [0.1, 0.15) is 12.4 Å². The summed E-state index contributed by atoms with van der Waals surface area (Å²) < 4.78 is 45.5. The van der Waals surface area contributed by atoms with Crippen molar-refractivity contribution in [3.8, 4) is 0 Å². The van der Waals surface area contributed by atoms with E-state index in [9.17, 15) is 18.0 Å². The molecule has 0 unspecified atom stereocenters. The maximum atomic E-state index is 13.7. The van der Waals surface area contributed by atoms with Crippen LogP contribution in [0.3, 0.4) is 0 Å². The maximum absolute atomic E-state index is 13.7. The van der Waals surface area contributed by atoms with Crippen molar-refractivity contribution >= 4 is 5.97 Å². The minimum Gasteiger partial charge on any atom is -0.460 e. The Kier molecular flexibility index (Phi) is 4.36. The first kappa shape index (κ1) is 16.6. The molecule has 0 aliphatic heterocycles. The molecule has 5 heteroatoms. The third-order valence-electron chi connectivity index (χ3n) is 4.46. The zero-order valence-electron chi connectivity index (χ0n) is 13.0. The summed E-state index contributed by atoms with van der Waals surface area (Å²) in [6, 6.07) is 0.488. The van der Waals surface area contributed by atoms with Crippen LogP contribution < -0.4 is 0 Å². The Balaban J connectivity index is 2.10. The van der Waals surface area contributed by atoms with E-state index in [1.54, 1.807) is 0 Å². The Morgan fingerprint density at radius 3 is 2.55 bits per heavy atom. The number of ether oxygens (including phenoxy) is 1. The van der Waals surface area contributed by atoms with Crippen molar-refractivity contribution in [2.24, 2.45) is 17.3 Å². The summed E-state index contributed by atoms with van der Waals surface area (Å²) in [4.78, 5) is 12.1. The normalized spacial score (nSPS) is 22.9. The lowest BCUT2D eigenvalue weighted by atomic mass is 10.1. The highest BCUT2D eigenvalue weighted by molar-refractivity contribution is 5.78. The van der Waals surface area contributed by atoms with Gasteiger partial charge in [-0.25, -0.2) is 13.2 Å². The van der Waals surface area contributed by atoms with Crippen LogP contribution in [-0.2, 0) is 16.1 Å². The number of carbonyl (C=O) groups excluding carboxylic acids is 1. The van der Waals surface area contributed by atoms with Crippen molar-refractivity contribution in [1.82, 2.24) is 0 Å². The van der Waals surface area contributed by atoms with E-state index in [0.717, 1.165) is 0 Å². The van der Waals surface area contributed by atoms with Crippen LogP contribution >= 0.6 is 0 Å². The van der Waals surface area contributed by atoms with E-state index in [1.165, 1.54) is 6.92 Å². The number of rotatable bonds is 4. The van der Waals surface area contributed by atoms with Crippen LogP contribution in [0, 0.1) is 41.6 Å². The number of hydrogen-bond donors (Lipinski definition) is 0. The summed E-state index contributed by atoms with van der Waals surface area (Å²) in [5.74, 6) is -4.04. The van der Waals surface area contributed by atoms with Crippen molar-refractivity contribution in [1.29, 1.82) is 0 Å². The molecule has 2 rings (SSSR count). The van der Waals surface area contributed by atoms with Crippen molar-refractivity contribution < 1.29 is 22.7 Å². The highest BCUT2D eigenvalue weighted by Crippen LogP contribution is 2.59. The van der Waals surface area contributed by atoms with E-state index in [4.69, 9.17) is 4.74 Å². The first-order valence-electron chi connectivity index (χ1n) is 7.14. The Hall–Kier alpha value is -1.78. The van der Waals surface area contributed by atoms with Gasteiger partial charge in [-0.15, -0.1) is 0 Å². The Morgan fingerprint density at radius 1 is 1.32 bits per heavy atom. The van der Waals surface area contributed by atoms with Crippen LogP contribution in [-0.4, -0.2) is 5.97 Å². The molecule has 0 saturated heterocycles. The molecule has 1 aliphatic rings. The highest BCUT2D eigenvalue weighted by atomic mass is 19.2. The van der Waals surface area contributed by atoms with Gasteiger partial charge in [-0.3, -0.25) is 4.79 Å². The van der Waals surface area contributed by atoms with Gasteiger partial charge in [0.15, 0.2) is 11.6 Å². The molecule has 22 heavy (non-hydrogen) atoms. The van der Waals surface area contributed by atoms with Gasteiger partial charge >= 0.3 is 5.97 Å². The molecule has 0 amide bonds. The number of halogens is 3. The topological polar surface area (TPSA) is 26.3 Å². The Labute approximate surface area is 128 Å². The molecule has 2 atom stereocenters. The van der Waals surface area contributed by atoms with E-state index < -0.39 is 30.0 Å². The lowest BCUT2D eigenvalue weighted by Gasteiger charge is -2.10. The fraction of sp³-hybridized carbons (Fsp3) is 0.471. The van der Waals surface area contributed by atoms with Crippen LogP contribution in [0.1, 0.15) is 31.9 Å². The largest absolute Gasteiger partial charge is 0.460 e. The summed E-state index contributed by atoms with van der Waals surface area (Å²) >= 11 is 0. The SMILES string of the molecule is C/C=C\[C@@H]1[C@@H](C(=O)OCc2c(C)c(F)cc(F)c2F)C1(C)C. The number of carbonyl (C=O) groups is 1. The summed E-state index contributed by atoms with van der Waals surface area (Å²) in [7, 11) is 0. The van der Waals surface area contributed by atoms with Gasteiger partial charge in [0.25, 0.3) is 0 Å². The number of esters is 1. The smallest absolute Gasteiger partial charge is 0.310 e. The van der Waals surface area contributed by atoms with Gasteiger partial charge in [-0.05, 0) is 30.7 Å². The number of allylic oxidation sites excluding steroid dienone is 2. The number of benzene rings is 1. The summed E-state index contributed by atoms with van der Waals surface area (Å²) in [5, 5.41) is 0. The molecule has 0 bridgehead atoms. The van der Waals surface area contributed by atoms with Crippen molar-refractivity contribution in [3.05, 3.63) is 46.8 Å². The third-order valence-corrected chi connectivity index (χ3v) is 4.46. The molecule has 2 nitrogen and oxygen atoms in total. The zero-order valence-corrected chi connectivity index (χ0v) is 13.0. The van der Waals surface area contributed by atoms with E-state index in [-0.39, 0.29) is 28.4 Å². The van der Waals surface area contributed by atoms with E-state index in [0.29, 0.717) is 6.07 Å². The zero-order chi connectivity index (χ0) is 16.7. The molecule has 0 radical (unpaired) electrons. The van der Waals surface area contributed by atoms with Gasteiger partial charge in [0, 0.05) is 11.6 Å². The minimum absolute atomic E-state index is 0.0493. The summed E-state index contributed by atoms with van der Waals surface area (Å²) in [5.41, 5.74) is -0.525. The summed E-state index contributed by atoms with van der Waals surface area (Å²) in [6.07, 6.45) is 3.80. The lowest BCUT2D eigenvalue weighted by Crippen LogP contribution is -2.13. The molecule has 1 saturated carbocycles. The molecule has 1 aromatic carbocycles. The van der Waals surface area contributed by atoms with E-state index in [1.807, 2.05) is 32.9 Å². The average molecular weight is 312 g/mol. The van der Waals surface area contributed by atoms with Crippen LogP contribution in [0.15, 0.2) is 18.2 Å². The second kappa shape index (κ2) is 5.78. The standard InChI is InChI=1S/C17H19F3O2/c1-5-6-11-14(17(11,3)4)16(21)22-8-10-9(2)12(18)7-13(19)15(10)20/h5-7,11,14H,8H2,1-4H3/b6-5-/t11-,14+/m1/s1. The minimum atomic E-state index is -1.28. The summed E-state index contributed by atoms with van der Waals surface area (Å²) in [6.45, 7) is 6.60. The monoisotopic (exact) mass is 312 g/mol. The van der Waals surface area contributed by atoms with Crippen LogP contribution in [0.4, 0.5) is 13.2 Å². The predicted octanol–water partition coefficient (Wildman–Crippen LogP) is 4.30. The van der Waals surface area contributed by atoms with E-state index >= 15 is 0 Å². The van der Waals surface area contributed by atoms with Crippen LogP contribution in [0.25, 0.3) is 0 Å². The third kappa shape index (κ3) is 2.76. The molecule has 1 fully saturated rings. The predicted molar refractivity (Wildman–Crippen MR) is 76.4 cm³/mol. The maximum Gasteiger partial charge on any atom is 0.310 e. The molecule has 0 N–H and O–H groups in total. The lowest BCUT2D eigenvalue weighted by molar-refractivity contribution is -0.147. The van der Waals surface area contributed by atoms with Crippen molar-refractivity contribution in [2.45, 2.75) is 34.3 Å². The van der Waals surface area contributed by atoms with Gasteiger partial charge in [-0.1, -0.05) is 26.0 Å². The Morgan fingerprint density at radius 2 is 1.95 bits per heavy atom. The first-order valence-corrected chi connectivity index (χ1v) is 7.14. The first-order chi connectivity index (χ1) is 10.2. The average Bonchev–Trinajstić information content (AvgIpc) is 2.98. The van der Waals surface area contributed by atoms with Crippen LogP contribution in [0.2, 0.25) is 0 Å². The molecule has 1 aromatic rings.